The lowest BCUT2D eigenvalue weighted by Gasteiger charge is -2.08. The van der Waals surface area contributed by atoms with Crippen LogP contribution in [0.5, 0.6) is 0 Å². The van der Waals surface area contributed by atoms with Crippen LogP contribution >= 0.6 is 11.6 Å². The molecule has 0 atom stereocenters. The lowest BCUT2D eigenvalue weighted by Crippen LogP contribution is -2.13. The van der Waals surface area contributed by atoms with Crippen LogP contribution in [0.15, 0.2) is 36.4 Å². The first kappa shape index (κ1) is 14.3. The van der Waals surface area contributed by atoms with Crippen molar-refractivity contribution in [3.05, 3.63) is 64.2 Å². The molecule has 20 heavy (non-hydrogen) atoms. The molecule has 0 aliphatic rings. The Morgan fingerprint density at radius 1 is 1.15 bits per heavy atom. The van der Waals surface area contributed by atoms with Crippen molar-refractivity contribution >= 4 is 23.2 Å². The average Bonchev–Trinajstić information content (AvgIpc) is 2.41. The Balaban J connectivity index is 2.12. The summed E-state index contributed by atoms with van der Waals surface area (Å²) in [5.74, 6) is -2.04. The fraction of sp³-hybridized carbons (Fsp3) is 0.0714. The SMILES string of the molecule is NC(=O)c1cc(NCc2ccc(Cl)c(F)c2)ccc1F. The van der Waals surface area contributed by atoms with Gasteiger partial charge in [0.15, 0.2) is 0 Å². The lowest BCUT2D eigenvalue weighted by molar-refractivity contribution is 0.0996. The zero-order valence-electron chi connectivity index (χ0n) is 10.3. The summed E-state index contributed by atoms with van der Waals surface area (Å²) in [5, 5.41) is 2.99. The predicted molar refractivity (Wildman–Crippen MR) is 73.7 cm³/mol. The highest BCUT2D eigenvalue weighted by atomic mass is 35.5. The first-order valence-electron chi connectivity index (χ1n) is 5.74. The van der Waals surface area contributed by atoms with Crippen molar-refractivity contribution in [3.8, 4) is 0 Å². The van der Waals surface area contributed by atoms with Gasteiger partial charge in [-0.25, -0.2) is 8.78 Å². The van der Waals surface area contributed by atoms with Crippen LogP contribution in [0.1, 0.15) is 15.9 Å². The van der Waals surface area contributed by atoms with E-state index in [0.29, 0.717) is 17.8 Å². The first-order chi connectivity index (χ1) is 9.47. The fourth-order valence-corrected chi connectivity index (χ4v) is 1.80. The van der Waals surface area contributed by atoms with E-state index in [1.807, 2.05) is 0 Å². The number of rotatable bonds is 4. The van der Waals surface area contributed by atoms with Gasteiger partial charge in [-0.3, -0.25) is 4.79 Å². The Morgan fingerprint density at radius 3 is 2.55 bits per heavy atom. The van der Waals surface area contributed by atoms with Gasteiger partial charge < -0.3 is 11.1 Å². The smallest absolute Gasteiger partial charge is 0.251 e. The third-order valence-corrected chi connectivity index (χ3v) is 3.02. The molecular formula is C14H11ClF2N2O. The third kappa shape index (κ3) is 3.24. The van der Waals surface area contributed by atoms with Crippen molar-refractivity contribution in [2.75, 3.05) is 5.32 Å². The van der Waals surface area contributed by atoms with Crippen molar-refractivity contribution in [3.63, 3.8) is 0 Å². The molecular weight excluding hydrogens is 286 g/mol. The van der Waals surface area contributed by atoms with Gasteiger partial charge in [-0.1, -0.05) is 17.7 Å². The average molecular weight is 297 g/mol. The van der Waals surface area contributed by atoms with Crippen LogP contribution in [-0.2, 0) is 6.54 Å². The summed E-state index contributed by atoms with van der Waals surface area (Å²) in [7, 11) is 0. The molecule has 0 aromatic heterocycles. The van der Waals surface area contributed by atoms with Gasteiger partial charge in [0.05, 0.1) is 10.6 Å². The molecule has 6 heteroatoms. The molecule has 0 saturated carbocycles. The summed E-state index contributed by atoms with van der Waals surface area (Å²) >= 11 is 5.58. The normalized spacial score (nSPS) is 10.3. The minimum absolute atomic E-state index is 0.0477. The molecule has 0 bridgehead atoms. The maximum atomic E-state index is 13.3. The van der Waals surface area contributed by atoms with E-state index >= 15 is 0 Å². The van der Waals surface area contributed by atoms with Crippen molar-refractivity contribution < 1.29 is 13.6 Å². The molecule has 1 amide bonds. The molecule has 0 heterocycles. The third-order valence-electron chi connectivity index (χ3n) is 2.71. The van der Waals surface area contributed by atoms with Gasteiger partial charge in [-0.05, 0) is 35.9 Å². The number of carbonyl (C=O) groups excluding carboxylic acids is 1. The van der Waals surface area contributed by atoms with Crippen LogP contribution < -0.4 is 11.1 Å². The highest BCUT2D eigenvalue weighted by Crippen LogP contribution is 2.18. The van der Waals surface area contributed by atoms with E-state index in [0.717, 1.165) is 6.07 Å². The number of nitrogens with two attached hydrogens (primary N) is 1. The van der Waals surface area contributed by atoms with E-state index in [4.69, 9.17) is 17.3 Å². The molecule has 2 rings (SSSR count). The van der Waals surface area contributed by atoms with Gasteiger partial charge in [-0.15, -0.1) is 0 Å². The highest BCUT2D eigenvalue weighted by Gasteiger charge is 2.09. The Hall–Kier alpha value is -2.14. The van der Waals surface area contributed by atoms with E-state index in [1.165, 1.54) is 24.3 Å². The molecule has 2 aromatic carbocycles. The van der Waals surface area contributed by atoms with Gasteiger partial charge in [0, 0.05) is 12.2 Å². The second-order valence-corrected chi connectivity index (χ2v) is 4.57. The van der Waals surface area contributed by atoms with Gasteiger partial charge in [0.25, 0.3) is 5.91 Å². The number of primary amides is 1. The number of benzene rings is 2. The molecule has 3 nitrogen and oxygen atoms in total. The monoisotopic (exact) mass is 296 g/mol. The van der Waals surface area contributed by atoms with Gasteiger partial charge in [0.1, 0.15) is 11.6 Å². The molecule has 0 aliphatic carbocycles. The number of carbonyl (C=O) groups is 1. The van der Waals surface area contributed by atoms with Crippen molar-refractivity contribution in [1.29, 1.82) is 0 Å². The maximum Gasteiger partial charge on any atom is 0.251 e. The quantitative estimate of drug-likeness (QED) is 0.909. The number of hydrogen-bond acceptors (Lipinski definition) is 2. The van der Waals surface area contributed by atoms with Gasteiger partial charge >= 0.3 is 0 Å². The van der Waals surface area contributed by atoms with E-state index in [-0.39, 0.29) is 10.6 Å². The zero-order valence-corrected chi connectivity index (χ0v) is 11.0. The number of anilines is 1. The zero-order chi connectivity index (χ0) is 14.7. The highest BCUT2D eigenvalue weighted by molar-refractivity contribution is 6.30. The summed E-state index contributed by atoms with van der Waals surface area (Å²) in [4.78, 5) is 11.0. The fourth-order valence-electron chi connectivity index (χ4n) is 1.68. The van der Waals surface area contributed by atoms with Crippen LogP contribution in [0.4, 0.5) is 14.5 Å². The van der Waals surface area contributed by atoms with Crippen molar-refractivity contribution in [2.45, 2.75) is 6.54 Å². The Morgan fingerprint density at radius 2 is 1.90 bits per heavy atom. The van der Waals surface area contributed by atoms with E-state index < -0.39 is 17.5 Å². The summed E-state index contributed by atoms with van der Waals surface area (Å²) in [6.07, 6.45) is 0. The summed E-state index contributed by atoms with van der Waals surface area (Å²) in [6, 6.07) is 8.33. The van der Waals surface area contributed by atoms with Crippen LogP contribution in [0.2, 0.25) is 5.02 Å². The minimum atomic E-state index is -0.844. The lowest BCUT2D eigenvalue weighted by atomic mass is 10.1. The number of amides is 1. The molecule has 0 unspecified atom stereocenters. The Bertz CT molecular complexity index is 662. The van der Waals surface area contributed by atoms with Gasteiger partial charge in [-0.2, -0.15) is 0 Å². The van der Waals surface area contributed by atoms with E-state index in [2.05, 4.69) is 5.32 Å². The first-order valence-corrected chi connectivity index (χ1v) is 6.12. The molecule has 0 aliphatic heterocycles. The maximum absolute atomic E-state index is 13.3. The molecule has 0 radical (unpaired) electrons. The molecule has 0 fully saturated rings. The van der Waals surface area contributed by atoms with Crippen LogP contribution in [-0.4, -0.2) is 5.91 Å². The summed E-state index contributed by atoms with van der Waals surface area (Å²) in [5.41, 5.74) is 6.03. The second kappa shape index (κ2) is 5.88. The van der Waals surface area contributed by atoms with E-state index in [9.17, 15) is 13.6 Å². The number of hydrogen-bond donors (Lipinski definition) is 2. The molecule has 0 saturated heterocycles. The molecule has 3 N–H and O–H groups in total. The molecule has 2 aromatic rings. The van der Waals surface area contributed by atoms with Crippen LogP contribution in [0.25, 0.3) is 0 Å². The standard InChI is InChI=1S/C14H11ClF2N2O/c15-11-3-1-8(5-13(11)17)7-19-9-2-4-12(16)10(6-9)14(18)20/h1-6,19H,7H2,(H2,18,20). The van der Waals surface area contributed by atoms with E-state index in [1.54, 1.807) is 6.07 Å². The Labute approximate surface area is 119 Å². The van der Waals surface area contributed by atoms with Crippen LogP contribution in [0.3, 0.4) is 0 Å². The molecule has 104 valence electrons. The topological polar surface area (TPSA) is 55.1 Å². The largest absolute Gasteiger partial charge is 0.381 e. The van der Waals surface area contributed by atoms with Gasteiger partial charge in [0.2, 0.25) is 0 Å². The minimum Gasteiger partial charge on any atom is -0.381 e. The van der Waals surface area contributed by atoms with Crippen molar-refractivity contribution in [2.24, 2.45) is 5.73 Å². The summed E-state index contributed by atoms with van der Waals surface area (Å²) < 4.78 is 26.5. The van der Waals surface area contributed by atoms with Crippen molar-refractivity contribution in [1.82, 2.24) is 0 Å². The number of nitrogens with one attached hydrogen (secondary N) is 1. The number of halogens is 3. The van der Waals surface area contributed by atoms with Crippen LogP contribution in [0, 0.1) is 11.6 Å². The second-order valence-electron chi connectivity index (χ2n) is 4.16. The molecule has 0 spiro atoms. The Kier molecular flexibility index (Phi) is 4.20. The predicted octanol–water partition coefficient (Wildman–Crippen LogP) is 3.33. The summed E-state index contributed by atoms with van der Waals surface area (Å²) in [6.45, 7) is 0.303.